The molecule has 0 amide bonds. The lowest BCUT2D eigenvalue weighted by atomic mass is 10.0. The monoisotopic (exact) mass is 269 g/mol. The number of nitrogen functional groups attached to an aromatic ring is 1. The van der Waals surface area contributed by atoms with Crippen LogP contribution in [0.4, 0.5) is 5.69 Å². The van der Waals surface area contributed by atoms with E-state index in [1.165, 1.54) is 5.56 Å². The number of ether oxygens (including phenoxy) is 1. The molecule has 0 aliphatic heterocycles. The fraction of sp³-hybridized carbons (Fsp3) is 0.235. The van der Waals surface area contributed by atoms with Gasteiger partial charge in [-0.1, -0.05) is 38.1 Å². The van der Waals surface area contributed by atoms with Crippen molar-refractivity contribution in [1.29, 1.82) is 0 Å². The summed E-state index contributed by atoms with van der Waals surface area (Å²) in [6.07, 6.45) is 0. The summed E-state index contributed by atoms with van der Waals surface area (Å²) in [5.74, 6) is 1.08. The van der Waals surface area contributed by atoms with Crippen LogP contribution in [0.15, 0.2) is 48.5 Å². The van der Waals surface area contributed by atoms with Crippen LogP contribution < -0.4 is 10.5 Å². The molecule has 0 unspecified atom stereocenters. The summed E-state index contributed by atoms with van der Waals surface area (Å²) in [4.78, 5) is 12.0. The van der Waals surface area contributed by atoms with Crippen molar-refractivity contribution in [2.45, 2.75) is 19.8 Å². The van der Waals surface area contributed by atoms with Crippen LogP contribution in [-0.2, 0) is 0 Å². The number of carbonyl (C=O) groups is 1. The summed E-state index contributed by atoms with van der Waals surface area (Å²) in [7, 11) is 0. The number of rotatable bonds is 5. The lowest BCUT2D eigenvalue weighted by Gasteiger charge is -2.08. The van der Waals surface area contributed by atoms with Gasteiger partial charge in [-0.15, -0.1) is 0 Å². The van der Waals surface area contributed by atoms with Gasteiger partial charge in [0.05, 0.1) is 0 Å². The van der Waals surface area contributed by atoms with Gasteiger partial charge in [0.25, 0.3) is 0 Å². The number of anilines is 1. The summed E-state index contributed by atoms with van der Waals surface area (Å²) in [5.41, 5.74) is 8.16. The van der Waals surface area contributed by atoms with Gasteiger partial charge in [-0.05, 0) is 35.7 Å². The van der Waals surface area contributed by atoms with Gasteiger partial charge in [-0.25, -0.2) is 0 Å². The number of nitrogens with two attached hydrogens (primary N) is 1. The molecule has 0 saturated carbocycles. The standard InChI is InChI=1S/C17H19NO2/c1-12(2)13-3-5-14(6-4-13)17(19)11-20-16-9-7-15(18)8-10-16/h3-10,12H,11,18H2,1-2H3. The minimum atomic E-state index is -0.0304. The van der Waals surface area contributed by atoms with E-state index in [4.69, 9.17) is 10.5 Å². The summed E-state index contributed by atoms with van der Waals surface area (Å²) in [6.45, 7) is 4.28. The number of hydrogen-bond acceptors (Lipinski definition) is 3. The van der Waals surface area contributed by atoms with Crippen LogP contribution in [0.2, 0.25) is 0 Å². The van der Waals surface area contributed by atoms with E-state index in [2.05, 4.69) is 13.8 Å². The van der Waals surface area contributed by atoms with Crippen LogP contribution in [0.1, 0.15) is 35.7 Å². The first-order chi connectivity index (χ1) is 9.56. The molecule has 0 spiro atoms. The molecule has 0 fully saturated rings. The molecule has 3 heteroatoms. The molecule has 2 N–H and O–H groups in total. The molecule has 0 aliphatic rings. The highest BCUT2D eigenvalue weighted by Gasteiger charge is 2.07. The number of ketones is 1. The molecular weight excluding hydrogens is 250 g/mol. The Morgan fingerprint density at radius 3 is 2.20 bits per heavy atom. The first kappa shape index (κ1) is 14.1. The number of benzene rings is 2. The smallest absolute Gasteiger partial charge is 0.200 e. The topological polar surface area (TPSA) is 52.3 Å². The Morgan fingerprint density at radius 2 is 1.65 bits per heavy atom. The van der Waals surface area contributed by atoms with Gasteiger partial charge in [0.2, 0.25) is 0 Å². The third kappa shape index (κ3) is 3.60. The predicted molar refractivity (Wildman–Crippen MR) is 81.2 cm³/mol. The maximum atomic E-state index is 12.0. The van der Waals surface area contributed by atoms with E-state index in [-0.39, 0.29) is 12.4 Å². The number of carbonyl (C=O) groups excluding carboxylic acids is 1. The van der Waals surface area contributed by atoms with Crippen molar-refractivity contribution in [1.82, 2.24) is 0 Å². The van der Waals surface area contributed by atoms with Crippen LogP contribution in [0.25, 0.3) is 0 Å². The van der Waals surface area contributed by atoms with Crippen LogP contribution in [0.5, 0.6) is 5.75 Å². The van der Waals surface area contributed by atoms with E-state index in [1.807, 2.05) is 24.3 Å². The zero-order valence-electron chi connectivity index (χ0n) is 11.8. The largest absolute Gasteiger partial charge is 0.485 e. The van der Waals surface area contributed by atoms with E-state index in [0.717, 1.165) is 0 Å². The Labute approximate surface area is 119 Å². The Balaban J connectivity index is 1.96. The van der Waals surface area contributed by atoms with Crippen molar-refractivity contribution in [2.24, 2.45) is 0 Å². The van der Waals surface area contributed by atoms with E-state index >= 15 is 0 Å². The van der Waals surface area contributed by atoms with Crippen molar-refractivity contribution in [3.63, 3.8) is 0 Å². The molecule has 2 rings (SSSR count). The summed E-state index contributed by atoms with van der Waals surface area (Å²) >= 11 is 0. The average Bonchev–Trinajstić information content (AvgIpc) is 2.46. The highest BCUT2D eigenvalue weighted by molar-refractivity contribution is 5.97. The van der Waals surface area contributed by atoms with Crippen LogP contribution in [0.3, 0.4) is 0 Å². The van der Waals surface area contributed by atoms with Crippen molar-refractivity contribution in [3.8, 4) is 5.75 Å². The average molecular weight is 269 g/mol. The molecule has 0 aliphatic carbocycles. The fourth-order valence-corrected chi connectivity index (χ4v) is 1.85. The molecule has 0 aromatic heterocycles. The quantitative estimate of drug-likeness (QED) is 0.665. The van der Waals surface area contributed by atoms with Gasteiger partial charge in [-0.3, -0.25) is 4.79 Å². The van der Waals surface area contributed by atoms with Crippen LogP contribution in [-0.4, -0.2) is 12.4 Å². The molecule has 0 bridgehead atoms. The minimum Gasteiger partial charge on any atom is -0.485 e. The SMILES string of the molecule is CC(C)c1ccc(C(=O)COc2ccc(N)cc2)cc1. The fourth-order valence-electron chi connectivity index (χ4n) is 1.85. The van der Waals surface area contributed by atoms with Gasteiger partial charge in [0.15, 0.2) is 12.4 Å². The summed E-state index contributed by atoms with van der Waals surface area (Å²) in [6, 6.07) is 14.7. The van der Waals surface area contributed by atoms with Gasteiger partial charge in [0, 0.05) is 11.3 Å². The molecule has 2 aromatic carbocycles. The summed E-state index contributed by atoms with van der Waals surface area (Å²) < 4.78 is 5.45. The Hall–Kier alpha value is -2.29. The third-order valence-electron chi connectivity index (χ3n) is 3.15. The van der Waals surface area contributed by atoms with Crippen molar-refractivity contribution >= 4 is 11.5 Å². The van der Waals surface area contributed by atoms with Crippen molar-refractivity contribution in [3.05, 3.63) is 59.7 Å². The molecule has 20 heavy (non-hydrogen) atoms. The molecule has 104 valence electrons. The van der Waals surface area contributed by atoms with Crippen LogP contribution >= 0.6 is 0 Å². The van der Waals surface area contributed by atoms with Crippen molar-refractivity contribution in [2.75, 3.05) is 12.3 Å². The lowest BCUT2D eigenvalue weighted by molar-refractivity contribution is 0.0921. The first-order valence-electron chi connectivity index (χ1n) is 6.68. The van der Waals surface area contributed by atoms with E-state index in [1.54, 1.807) is 24.3 Å². The second kappa shape index (κ2) is 6.24. The normalized spacial score (nSPS) is 10.6. The molecule has 0 atom stereocenters. The molecule has 0 heterocycles. The Kier molecular flexibility index (Phi) is 4.41. The molecule has 2 aromatic rings. The van der Waals surface area contributed by atoms with E-state index in [9.17, 15) is 4.79 Å². The zero-order chi connectivity index (χ0) is 14.5. The highest BCUT2D eigenvalue weighted by Crippen LogP contribution is 2.16. The molecule has 3 nitrogen and oxygen atoms in total. The van der Waals surface area contributed by atoms with Gasteiger partial charge in [0.1, 0.15) is 5.75 Å². The second-order valence-electron chi connectivity index (χ2n) is 5.06. The van der Waals surface area contributed by atoms with E-state index < -0.39 is 0 Å². The first-order valence-corrected chi connectivity index (χ1v) is 6.68. The Bertz CT molecular complexity index is 571. The maximum absolute atomic E-state index is 12.0. The zero-order valence-corrected chi connectivity index (χ0v) is 11.8. The second-order valence-corrected chi connectivity index (χ2v) is 5.06. The maximum Gasteiger partial charge on any atom is 0.200 e. The lowest BCUT2D eigenvalue weighted by Crippen LogP contribution is -2.11. The van der Waals surface area contributed by atoms with Gasteiger partial charge >= 0.3 is 0 Å². The summed E-state index contributed by atoms with van der Waals surface area (Å²) in [5, 5.41) is 0. The molecule has 0 radical (unpaired) electrons. The Morgan fingerprint density at radius 1 is 1.05 bits per heavy atom. The van der Waals surface area contributed by atoms with Gasteiger partial charge < -0.3 is 10.5 Å². The highest BCUT2D eigenvalue weighted by atomic mass is 16.5. The molecule has 0 saturated heterocycles. The molecular formula is C17H19NO2. The predicted octanol–water partition coefficient (Wildman–Crippen LogP) is 3.65. The minimum absolute atomic E-state index is 0.0304. The van der Waals surface area contributed by atoms with Crippen LogP contribution in [0, 0.1) is 0 Å². The van der Waals surface area contributed by atoms with Crippen molar-refractivity contribution < 1.29 is 9.53 Å². The van der Waals surface area contributed by atoms with Gasteiger partial charge in [-0.2, -0.15) is 0 Å². The van der Waals surface area contributed by atoms with E-state index in [0.29, 0.717) is 22.9 Å². The number of hydrogen-bond donors (Lipinski definition) is 1. The number of Topliss-reactive ketones (excluding diaryl/α,β-unsaturated/α-hetero) is 1. The third-order valence-corrected chi connectivity index (χ3v) is 3.15.